The third-order valence-electron chi connectivity index (χ3n) is 5.17. The zero-order valence-corrected chi connectivity index (χ0v) is 15.0. The lowest BCUT2D eigenvalue weighted by atomic mass is 9.82. The predicted molar refractivity (Wildman–Crippen MR) is 99.7 cm³/mol. The third kappa shape index (κ3) is 3.06. The first-order chi connectivity index (χ1) is 11.4. The highest BCUT2D eigenvalue weighted by Gasteiger charge is 2.19. The highest BCUT2D eigenvalue weighted by atomic mass is 16.3. The van der Waals surface area contributed by atoms with Crippen LogP contribution >= 0.6 is 0 Å². The second kappa shape index (κ2) is 6.35. The van der Waals surface area contributed by atoms with E-state index in [0.29, 0.717) is 17.4 Å². The van der Waals surface area contributed by atoms with Crippen molar-refractivity contribution in [2.75, 3.05) is 0 Å². The second-order valence-electron chi connectivity index (χ2n) is 7.15. The van der Waals surface area contributed by atoms with Gasteiger partial charge in [0, 0.05) is 5.92 Å². The molecule has 2 heteroatoms. The molecule has 3 rings (SSSR count). The largest absolute Gasteiger partial charge is 0.507 e. The smallest absolute Gasteiger partial charge is 0.121 e. The van der Waals surface area contributed by atoms with Crippen molar-refractivity contribution in [3.8, 4) is 11.5 Å². The number of allylic oxidation sites excluding steroid dienone is 2. The van der Waals surface area contributed by atoms with Crippen molar-refractivity contribution in [3.63, 3.8) is 0 Å². The molecule has 126 valence electrons. The predicted octanol–water partition coefficient (Wildman–Crippen LogP) is 5.68. The number of aromatic hydroxyl groups is 2. The average Bonchev–Trinajstić information content (AvgIpc) is 2.56. The van der Waals surface area contributed by atoms with Gasteiger partial charge < -0.3 is 10.2 Å². The molecule has 0 bridgehead atoms. The van der Waals surface area contributed by atoms with Gasteiger partial charge in [0.2, 0.25) is 0 Å². The minimum Gasteiger partial charge on any atom is -0.507 e. The van der Waals surface area contributed by atoms with Gasteiger partial charge in [-0.05, 0) is 98.0 Å². The van der Waals surface area contributed by atoms with E-state index in [1.165, 1.54) is 16.7 Å². The minimum atomic E-state index is 0.390. The monoisotopic (exact) mass is 322 g/mol. The van der Waals surface area contributed by atoms with Crippen molar-refractivity contribution in [2.24, 2.45) is 0 Å². The molecule has 24 heavy (non-hydrogen) atoms. The molecule has 0 aliphatic heterocycles. The molecule has 0 heterocycles. The van der Waals surface area contributed by atoms with E-state index in [1.54, 1.807) is 0 Å². The van der Waals surface area contributed by atoms with E-state index in [2.05, 4.69) is 30.3 Å². The van der Waals surface area contributed by atoms with Gasteiger partial charge in [-0.3, -0.25) is 0 Å². The first-order valence-electron chi connectivity index (χ1n) is 8.68. The van der Waals surface area contributed by atoms with Gasteiger partial charge in [-0.25, -0.2) is 0 Å². The van der Waals surface area contributed by atoms with E-state index in [1.807, 2.05) is 27.7 Å². The molecule has 1 atom stereocenters. The van der Waals surface area contributed by atoms with E-state index in [9.17, 15) is 10.2 Å². The Labute approximate surface area is 144 Å². The van der Waals surface area contributed by atoms with Crippen LogP contribution in [-0.2, 0) is 0 Å². The van der Waals surface area contributed by atoms with Crippen molar-refractivity contribution < 1.29 is 10.2 Å². The molecule has 2 aromatic carbocycles. The minimum absolute atomic E-state index is 0.390. The molecular weight excluding hydrogens is 296 g/mol. The maximum Gasteiger partial charge on any atom is 0.121 e. The number of benzene rings is 2. The summed E-state index contributed by atoms with van der Waals surface area (Å²) in [6.45, 7) is 7.84. The molecule has 0 saturated carbocycles. The fourth-order valence-electron chi connectivity index (χ4n) is 3.77. The van der Waals surface area contributed by atoms with Gasteiger partial charge in [0.05, 0.1) is 0 Å². The lowest BCUT2D eigenvalue weighted by Gasteiger charge is -2.23. The Bertz CT molecular complexity index is 769. The highest BCUT2D eigenvalue weighted by molar-refractivity contribution is 5.70. The molecule has 0 saturated heterocycles. The lowest BCUT2D eigenvalue weighted by Crippen LogP contribution is -2.04. The topological polar surface area (TPSA) is 40.5 Å². The Morgan fingerprint density at radius 1 is 0.792 bits per heavy atom. The zero-order valence-electron chi connectivity index (χ0n) is 15.0. The van der Waals surface area contributed by atoms with Gasteiger partial charge in [-0.1, -0.05) is 18.2 Å². The summed E-state index contributed by atoms with van der Waals surface area (Å²) >= 11 is 0. The van der Waals surface area contributed by atoms with Crippen molar-refractivity contribution in [1.82, 2.24) is 0 Å². The van der Waals surface area contributed by atoms with Crippen LogP contribution in [0.25, 0.3) is 5.57 Å². The van der Waals surface area contributed by atoms with Gasteiger partial charge in [-0.15, -0.1) is 0 Å². The maximum absolute atomic E-state index is 10.0. The van der Waals surface area contributed by atoms with Crippen LogP contribution in [0.15, 0.2) is 30.3 Å². The summed E-state index contributed by atoms with van der Waals surface area (Å²) in [5.41, 5.74) is 7.63. The number of rotatable bonds is 2. The highest BCUT2D eigenvalue weighted by Crippen LogP contribution is 2.38. The maximum atomic E-state index is 10.0. The normalized spacial score (nSPS) is 17.7. The molecule has 0 aromatic heterocycles. The molecule has 0 amide bonds. The Morgan fingerprint density at radius 2 is 1.29 bits per heavy atom. The van der Waals surface area contributed by atoms with Crippen LogP contribution in [0.4, 0.5) is 0 Å². The van der Waals surface area contributed by atoms with E-state index in [-0.39, 0.29) is 0 Å². The van der Waals surface area contributed by atoms with Gasteiger partial charge in [0.15, 0.2) is 0 Å². The van der Waals surface area contributed by atoms with Gasteiger partial charge in [0.1, 0.15) is 11.5 Å². The number of aryl methyl sites for hydroxylation is 4. The average molecular weight is 322 g/mol. The van der Waals surface area contributed by atoms with Crippen LogP contribution in [0.5, 0.6) is 11.5 Å². The molecule has 1 unspecified atom stereocenters. The SMILES string of the molecule is Cc1cc(C2=CC(c3cc(C)c(O)c(C)c3)CCC2)cc(C)c1O. The van der Waals surface area contributed by atoms with E-state index >= 15 is 0 Å². The molecule has 0 spiro atoms. The standard InChI is InChI=1S/C22H26O2/c1-13-8-19(9-14(2)21(13)23)17-6-5-7-18(12-17)20-10-15(3)22(24)16(4)11-20/h8-12,17,23-24H,5-7H2,1-4H3. The molecule has 1 aliphatic rings. The van der Waals surface area contributed by atoms with Crippen molar-refractivity contribution in [2.45, 2.75) is 52.9 Å². The van der Waals surface area contributed by atoms with E-state index < -0.39 is 0 Å². The summed E-state index contributed by atoms with van der Waals surface area (Å²) in [5.74, 6) is 1.20. The number of phenols is 2. The van der Waals surface area contributed by atoms with Crippen LogP contribution < -0.4 is 0 Å². The van der Waals surface area contributed by atoms with Gasteiger partial charge in [-0.2, -0.15) is 0 Å². The summed E-state index contributed by atoms with van der Waals surface area (Å²) in [4.78, 5) is 0. The van der Waals surface area contributed by atoms with Crippen molar-refractivity contribution in [1.29, 1.82) is 0 Å². The van der Waals surface area contributed by atoms with Crippen LogP contribution in [0.3, 0.4) is 0 Å². The zero-order chi connectivity index (χ0) is 17.4. The van der Waals surface area contributed by atoms with Crippen molar-refractivity contribution in [3.05, 3.63) is 63.7 Å². The quantitative estimate of drug-likeness (QED) is 0.746. The Balaban J connectivity index is 2.00. The van der Waals surface area contributed by atoms with Crippen LogP contribution in [0.1, 0.15) is 58.6 Å². The molecule has 2 aromatic rings. The van der Waals surface area contributed by atoms with Gasteiger partial charge in [0.25, 0.3) is 0 Å². The first-order valence-corrected chi connectivity index (χ1v) is 8.68. The van der Waals surface area contributed by atoms with E-state index in [0.717, 1.165) is 41.5 Å². The molecule has 2 N–H and O–H groups in total. The Morgan fingerprint density at radius 3 is 1.83 bits per heavy atom. The number of hydrogen-bond donors (Lipinski definition) is 2. The summed E-state index contributed by atoms with van der Waals surface area (Å²) in [7, 11) is 0. The molecule has 1 aliphatic carbocycles. The Kier molecular flexibility index (Phi) is 4.40. The molecule has 2 nitrogen and oxygen atoms in total. The van der Waals surface area contributed by atoms with Crippen LogP contribution in [0, 0.1) is 27.7 Å². The van der Waals surface area contributed by atoms with Crippen LogP contribution in [-0.4, -0.2) is 10.2 Å². The van der Waals surface area contributed by atoms with Gasteiger partial charge >= 0.3 is 0 Å². The third-order valence-corrected chi connectivity index (χ3v) is 5.17. The first kappa shape index (κ1) is 16.6. The molecular formula is C22H26O2. The fraction of sp³-hybridized carbons (Fsp3) is 0.364. The van der Waals surface area contributed by atoms with E-state index in [4.69, 9.17) is 0 Å². The van der Waals surface area contributed by atoms with Crippen molar-refractivity contribution >= 4 is 5.57 Å². The second-order valence-corrected chi connectivity index (χ2v) is 7.15. The van der Waals surface area contributed by atoms with Crippen LogP contribution in [0.2, 0.25) is 0 Å². The lowest BCUT2D eigenvalue weighted by molar-refractivity contribution is 0.466. The number of hydrogen-bond acceptors (Lipinski definition) is 2. The Hall–Kier alpha value is -2.22. The number of phenolic OH excluding ortho intramolecular Hbond substituents is 2. The molecule has 0 radical (unpaired) electrons. The summed E-state index contributed by atoms with van der Waals surface area (Å²) in [5, 5.41) is 20.0. The fourth-order valence-corrected chi connectivity index (χ4v) is 3.77. The summed E-state index contributed by atoms with van der Waals surface area (Å²) in [6.07, 6.45) is 5.76. The summed E-state index contributed by atoms with van der Waals surface area (Å²) in [6, 6.07) is 8.40. The summed E-state index contributed by atoms with van der Waals surface area (Å²) < 4.78 is 0. The molecule has 0 fully saturated rings.